The lowest BCUT2D eigenvalue weighted by atomic mass is 10.0. The van der Waals surface area contributed by atoms with Gasteiger partial charge in [-0.05, 0) is 48.5 Å². The molecule has 0 aliphatic carbocycles. The van der Waals surface area contributed by atoms with Crippen molar-refractivity contribution in [1.82, 2.24) is 0 Å². The molecule has 0 fully saturated rings. The van der Waals surface area contributed by atoms with Crippen LogP contribution in [0.2, 0.25) is 0 Å². The molecular formula is C22H15BrFNO4. The van der Waals surface area contributed by atoms with Crippen LogP contribution in [0.5, 0.6) is 11.5 Å². The predicted molar refractivity (Wildman–Crippen MR) is 109 cm³/mol. The zero-order valence-electron chi connectivity index (χ0n) is 15.1. The van der Waals surface area contributed by atoms with Crippen LogP contribution in [0, 0.1) is 5.82 Å². The number of fused-ring (bicyclic) bond motifs is 1. The molecule has 3 aromatic carbocycles. The molecule has 1 aliphatic heterocycles. The van der Waals surface area contributed by atoms with E-state index in [2.05, 4.69) is 21.2 Å². The molecule has 0 bridgehead atoms. The van der Waals surface area contributed by atoms with E-state index in [4.69, 9.17) is 9.47 Å². The van der Waals surface area contributed by atoms with Gasteiger partial charge in [0, 0.05) is 21.7 Å². The van der Waals surface area contributed by atoms with Crippen LogP contribution in [0.15, 0.2) is 65.1 Å². The SMILES string of the molecule is O=C(Nc1cc2c(cc1C(=O)c1ccc(Br)cc1)OCCO2)c1cccc(F)c1. The Morgan fingerprint density at radius 3 is 2.28 bits per heavy atom. The van der Waals surface area contributed by atoms with Gasteiger partial charge >= 0.3 is 0 Å². The van der Waals surface area contributed by atoms with Crippen LogP contribution in [0.4, 0.5) is 10.1 Å². The lowest BCUT2D eigenvalue weighted by molar-refractivity contribution is 0.102. The highest BCUT2D eigenvalue weighted by Gasteiger charge is 2.22. The van der Waals surface area contributed by atoms with Gasteiger partial charge in [0.2, 0.25) is 0 Å². The molecule has 1 amide bonds. The first kappa shape index (κ1) is 19.1. The number of anilines is 1. The van der Waals surface area contributed by atoms with E-state index in [1.807, 2.05) is 0 Å². The van der Waals surface area contributed by atoms with Crippen molar-refractivity contribution in [3.63, 3.8) is 0 Å². The Balaban J connectivity index is 1.74. The van der Waals surface area contributed by atoms with Gasteiger partial charge in [0.1, 0.15) is 19.0 Å². The maximum atomic E-state index is 13.5. The van der Waals surface area contributed by atoms with E-state index in [1.165, 1.54) is 18.2 Å². The minimum atomic E-state index is -0.536. The van der Waals surface area contributed by atoms with Crippen molar-refractivity contribution in [2.24, 2.45) is 0 Å². The molecule has 4 rings (SSSR count). The van der Waals surface area contributed by atoms with E-state index in [9.17, 15) is 14.0 Å². The Labute approximate surface area is 174 Å². The van der Waals surface area contributed by atoms with Gasteiger partial charge in [-0.2, -0.15) is 0 Å². The van der Waals surface area contributed by atoms with E-state index in [0.717, 1.165) is 10.5 Å². The molecule has 29 heavy (non-hydrogen) atoms. The number of hydrogen-bond acceptors (Lipinski definition) is 4. The summed E-state index contributed by atoms with van der Waals surface area (Å²) in [6.45, 7) is 0.734. The van der Waals surface area contributed by atoms with Crippen LogP contribution in [0.3, 0.4) is 0 Å². The fraction of sp³-hybridized carbons (Fsp3) is 0.0909. The molecule has 0 atom stereocenters. The summed E-state index contributed by atoms with van der Waals surface area (Å²) in [5.74, 6) is -0.486. The highest BCUT2D eigenvalue weighted by atomic mass is 79.9. The van der Waals surface area contributed by atoms with E-state index >= 15 is 0 Å². The van der Waals surface area contributed by atoms with Gasteiger partial charge in [-0.25, -0.2) is 4.39 Å². The van der Waals surface area contributed by atoms with Crippen molar-refractivity contribution in [1.29, 1.82) is 0 Å². The molecule has 7 heteroatoms. The number of carbonyl (C=O) groups is 2. The highest BCUT2D eigenvalue weighted by molar-refractivity contribution is 9.10. The van der Waals surface area contributed by atoms with Crippen molar-refractivity contribution < 1.29 is 23.5 Å². The maximum Gasteiger partial charge on any atom is 0.255 e. The quantitative estimate of drug-likeness (QED) is 0.571. The summed E-state index contributed by atoms with van der Waals surface area (Å²) in [7, 11) is 0. The van der Waals surface area contributed by atoms with Gasteiger partial charge in [0.25, 0.3) is 5.91 Å². The van der Waals surface area contributed by atoms with Crippen molar-refractivity contribution in [3.05, 3.63) is 87.6 Å². The van der Waals surface area contributed by atoms with Crippen molar-refractivity contribution >= 4 is 33.3 Å². The van der Waals surface area contributed by atoms with Crippen LogP contribution in [-0.4, -0.2) is 24.9 Å². The first-order chi connectivity index (χ1) is 14.0. The topological polar surface area (TPSA) is 64.6 Å². The molecule has 146 valence electrons. The number of hydrogen-bond donors (Lipinski definition) is 1. The summed E-state index contributed by atoms with van der Waals surface area (Å²) in [5, 5.41) is 2.69. The third-order valence-corrected chi connectivity index (χ3v) is 4.90. The largest absolute Gasteiger partial charge is 0.486 e. The first-order valence-electron chi connectivity index (χ1n) is 8.82. The fourth-order valence-electron chi connectivity index (χ4n) is 2.96. The number of nitrogens with one attached hydrogen (secondary N) is 1. The second-order valence-corrected chi connectivity index (χ2v) is 7.26. The van der Waals surface area contributed by atoms with Gasteiger partial charge in [0.05, 0.1) is 11.3 Å². The number of halogens is 2. The molecule has 5 nitrogen and oxygen atoms in total. The Bertz CT molecular complexity index is 1100. The summed E-state index contributed by atoms with van der Waals surface area (Å²) < 4.78 is 25.5. The lowest BCUT2D eigenvalue weighted by Crippen LogP contribution is -2.19. The molecule has 3 aromatic rings. The zero-order chi connectivity index (χ0) is 20.4. The van der Waals surface area contributed by atoms with E-state index < -0.39 is 11.7 Å². The van der Waals surface area contributed by atoms with Crippen molar-refractivity contribution in [3.8, 4) is 11.5 Å². The van der Waals surface area contributed by atoms with Gasteiger partial charge < -0.3 is 14.8 Å². The second kappa shape index (κ2) is 8.05. The average Bonchev–Trinajstić information content (AvgIpc) is 2.73. The monoisotopic (exact) mass is 455 g/mol. The van der Waals surface area contributed by atoms with E-state index in [-0.39, 0.29) is 22.6 Å². The Morgan fingerprint density at radius 2 is 1.59 bits per heavy atom. The second-order valence-electron chi connectivity index (χ2n) is 6.34. The van der Waals surface area contributed by atoms with Gasteiger partial charge in [-0.15, -0.1) is 0 Å². The minimum absolute atomic E-state index is 0.141. The third kappa shape index (κ3) is 4.14. The fourth-order valence-corrected chi connectivity index (χ4v) is 3.23. The number of ketones is 1. The molecule has 0 aromatic heterocycles. The molecule has 1 N–H and O–H groups in total. The number of carbonyl (C=O) groups excluding carboxylic acids is 2. The van der Waals surface area contributed by atoms with E-state index in [1.54, 1.807) is 36.4 Å². The molecule has 0 saturated heterocycles. The lowest BCUT2D eigenvalue weighted by Gasteiger charge is -2.21. The van der Waals surface area contributed by atoms with Crippen LogP contribution >= 0.6 is 15.9 Å². The summed E-state index contributed by atoms with van der Waals surface area (Å²) >= 11 is 3.34. The molecule has 0 unspecified atom stereocenters. The van der Waals surface area contributed by atoms with Crippen molar-refractivity contribution in [2.45, 2.75) is 0 Å². The number of amides is 1. The summed E-state index contributed by atoms with van der Waals surface area (Å²) in [4.78, 5) is 25.7. The predicted octanol–water partition coefficient (Wildman–Crippen LogP) is 4.84. The smallest absolute Gasteiger partial charge is 0.255 e. The average molecular weight is 456 g/mol. The zero-order valence-corrected chi connectivity index (χ0v) is 16.7. The number of benzene rings is 3. The van der Waals surface area contributed by atoms with Gasteiger partial charge in [-0.3, -0.25) is 9.59 Å². The van der Waals surface area contributed by atoms with Gasteiger partial charge in [0.15, 0.2) is 17.3 Å². The summed E-state index contributed by atoms with van der Waals surface area (Å²) in [6, 6.07) is 15.3. The van der Waals surface area contributed by atoms with E-state index in [0.29, 0.717) is 30.3 Å². The van der Waals surface area contributed by atoms with Crippen LogP contribution in [-0.2, 0) is 0 Å². The highest BCUT2D eigenvalue weighted by Crippen LogP contribution is 2.37. The first-order valence-corrected chi connectivity index (χ1v) is 9.61. The molecule has 1 aliphatic rings. The number of rotatable bonds is 4. The molecular weight excluding hydrogens is 441 g/mol. The molecule has 0 saturated carbocycles. The Kier molecular flexibility index (Phi) is 5.31. The summed E-state index contributed by atoms with van der Waals surface area (Å²) in [5.41, 5.74) is 1.10. The van der Waals surface area contributed by atoms with Crippen LogP contribution in [0.25, 0.3) is 0 Å². The Morgan fingerprint density at radius 1 is 0.897 bits per heavy atom. The standard InChI is InChI=1S/C22H15BrFNO4/c23-15-6-4-13(5-7-15)21(26)17-11-19-20(29-9-8-28-19)12-18(17)25-22(27)14-2-1-3-16(24)10-14/h1-7,10-12H,8-9H2,(H,25,27). The minimum Gasteiger partial charge on any atom is -0.486 e. The van der Waals surface area contributed by atoms with Crippen LogP contribution < -0.4 is 14.8 Å². The number of ether oxygens (including phenoxy) is 2. The Hall–Kier alpha value is -3.19. The van der Waals surface area contributed by atoms with Crippen molar-refractivity contribution in [2.75, 3.05) is 18.5 Å². The molecule has 0 spiro atoms. The summed E-state index contributed by atoms with van der Waals surface area (Å²) in [6.07, 6.45) is 0. The molecule has 0 radical (unpaired) electrons. The third-order valence-electron chi connectivity index (χ3n) is 4.37. The van der Waals surface area contributed by atoms with Gasteiger partial charge in [-0.1, -0.05) is 22.0 Å². The maximum absolute atomic E-state index is 13.5. The van der Waals surface area contributed by atoms with Crippen LogP contribution in [0.1, 0.15) is 26.3 Å². The molecule has 1 heterocycles. The normalized spacial score (nSPS) is 12.3.